The van der Waals surface area contributed by atoms with Crippen LogP contribution in [-0.2, 0) is 9.59 Å². The molecule has 0 amide bonds. The first-order chi connectivity index (χ1) is 7.56. The average molecular weight is 212 g/mol. The molecule has 0 bridgehead atoms. The van der Waals surface area contributed by atoms with E-state index in [1.807, 2.05) is 32.0 Å². The summed E-state index contributed by atoms with van der Waals surface area (Å²) in [6.45, 7) is 3.95. The fraction of sp³-hybridized carbons (Fsp3) is 0.143. The minimum atomic E-state index is -0.131. The molecule has 0 aromatic heterocycles. The van der Waals surface area contributed by atoms with Crippen molar-refractivity contribution in [1.82, 2.24) is 0 Å². The molecule has 0 unspecified atom stereocenters. The molecular formula is C14H12O2. The molecule has 2 rings (SSSR count). The van der Waals surface area contributed by atoms with Crippen molar-refractivity contribution in [2.24, 2.45) is 0 Å². The van der Waals surface area contributed by atoms with E-state index in [1.165, 1.54) is 18.2 Å². The molecule has 0 atom stereocenters. The first-order valence-corrected chi connectivity index (χ1v) is 5.13. The van der Waals surface area contributed by atoms with Crippen molar-refractivity contribution in [3.63, 3.8) is 0 Å². The van der Waals surface area contributed by atoms with Gasteiger partial charge in [-0.05, 0) is 37.6 Å². The predicted octanol–water partition coefficient (Wildman–Crippen LogP) is 2.39. The maximum absolute atomic E-state index is 11.7. The zero-order chi connectivity index (χ0) is 11.7. The standard InChI is InChI=1S/C14H12O2/c1-9-5-10(2)7-11(6-9)13-8-12(15)3-4-14(13)16/h3-8H,1-2H3. The van der Waals surface area contributed by atoms with E-state index in [0.717, 1.165) is 16.7 Å². The van der Waals surface area contributed by atoms with Gasteiger partial charge in [0.25, 0.3) is 0 Å². The fourth-order valence-corrected chi connectivity index (χ4v) is 1.86. The van der Waals surface area contributed by atoms with Crippen LogP contribution in [0.1, 0.15) is 16.7 Å². The molecule has 1 aliphatic carbocycles. The highest BCUT2D eigenvalue weighted by atomic mass is 16.1. The maximum Gasteiger partial charge on any atom is 0.186 e. The zero-order valence-electron chi connectivity index (χ0n) is 9.28. The summed E-state index contributed by atoms with van der Waals surface area (Å²) >= 11 is 0. The van der Waals surface area contributed by atoms with E-state index in [-0.39, 0.29) is 11.6 Å². The van der Waals surface area contributed by atoms with Crippen molar-refractivity contribution in [1.29, 1.82) is 0 Å². The first kappa shape index (κ1) is 10.6. The summed E-state index contributed by atoms with van der Waals surface area (Å²) in [6, 6.07) is 5.88. The third kappa shape index (κ3) is 2.01. The van der Waals surface area contributed by atoms with Crippen molar-refractivity contribution >= 4 is 17.1 Å². The van der Waals surface area contributed by atoms with Gasteiger partial charge in [-0.25, -0.2) is 0 Å². The number of benzene rings is 1. The number of carbonyl (C=O) groups excluding carboxylic acids is 2. The minimum Gasteiger partial charge on any atom is -0.290 e. The number of hydrogen-bond donors (Lipinski definition) is 0. The smallest absolute Gasteiger partial charge is 0.186 e. The van der Waals surface area contributed by atoms with Gasteiger partial charge < -0.3 is 0 Å². The molecule has 80 valence electrons. The summed E-state index contributed by atoms with van der Waals surface area (Å²) < 4.78 is 0. The van der Waals surface area contributed by atoms with Gasteiger partial charge in [-0.1, -0.05) is 29.3 Å². The minimum absolute atomic E-state index is 0.107. The molecule has 0 N–H and O–H groups in total. The molecule has 1 aromatic rings. The molecule has 0 aliphatic heterocycles. The van der Waals surface area contributed by atoms with Gasteiger partial charge in [0.2, 0.25) is 0 Å². The van der Waals surface area contributed by atoms with Gasteiger partial charge in [0.1, 0.15) is 0 Å². The topological polar surface area (TPSA) is 34.1 Å². The Hall–Kier alpha value is -1.96. The monoisotopic (exact) mass is 212 g/mol. The van der Waals surface area contributed by atoms with Gasteiger partial charge in [0.05, 0.1) is 0 Å². The lowest BCUT2D eigenvalue weighted by molar-refractivity contribution is -0.113. The van der Waals surface area contributed by atoms with E-state index in [4.69, 9.17) is 0 Å². The normalized spacial score (nSPS) is 15.2. The fourth-order valence-electron chi connectivity index (χ4n) is 1.86. The van der Waals surface area contributed by atoms with Gasteiger partial charge in [-0.2, -0.15) is 0 Å². The Balaban J connectivity index is 2.52. The Labute approximate surface area is 94.3 Å². The SMILES string of the molecule is Cc1cc(C)cc(C2=CC(=O)C=CC2=O)c1. The van der Waals surface area contributed by atoms with Crippen LogP contribution >= 0.6 is 0 Å². The molecule has 2 nitrogen and oxygen atoms in total. The number of ketones is 2. The first-order valence-electron chi connectivity index (χ1n) is 5.13. The van der Waals surface area contributed by atoms with Crippen molar-refractivity contribution in [2.45, 2.75) is 13.8 Å². The van der Waals surface area contributed by atoms with Crippen LogP contribution in [0.2, 0.25) is 0 Å². The van der Waals surface area contributed by atoms with Crippen molar-refractivity contribution < 1.29 is 9.59 Å². The Morgan fingerprint density at radius 3 is 2.12 bits per heavy atom. The molecule has 1 aliphatic rings. The van der Waals surface area contributed by atoms with Crippen LogP contribution in [0.3, 0.4) is 0 Å². The summed E-state index contributed by atoms with van der Waals surface area (Å²) in [7, 11) is 0. The molecule has 0 heterocycles. The third-order valence-electron chi connectivity index (χ3n) is 2.48. The highest BCUT2D eigenvalue weighted by molar-refractivity contribution is 6.33. The summed E-state index contributed by atoms with van der Waals surface area (Å²) in [5, 5.41) is 0. The van der Waals surface area contributed by atoms with Crippen LogP contribution in [-0.4, -0.2) is 11.6 Å². The van der Waals surface area contributed by atoms with Crippen LogP contribution in [0.5, 0.6) is 0 Å². The number of rotatable bonds is 1. The van der Waals surface area contributed by atoms with Crippen LogP contribution in [0.15, 0.2) is 36.4 Å². The van der Waals surface area contributed by atoms with E-state index in [1.54, 1.807) is 0 Å². The maximum atomic E-state index is 11.7. The number of carbonyl (C=O) groups is 2. The Morgan fingerprint density at radius 1 is 0.875 bits per heavy atom. The Morgan fingerprint density at radius 2 is 1.50 bits per heavy atom. The van der Waals surface area contributed by atoms with Gasteiger partial charge in [-0.15, -0.1) is 0 Å². The van der Waals surface area contributed by atoms with Crippen LogP contribution in [0, 0.1) is 13.8 Å². The molecule has 16 heavy (non-hydrogen) atoms. The van der Waals surface area contributed by atoms with Gasteiger partial charge in [-0.3, -0.25) is 9.59 Å². The van der Waals surface area contributed by atoms with E-state index in [2.05, 4.69) is 0 Å². The summed E-state index contributed by atoms with van der Waals surface area (Å²) in [5.41, 5.74) is 3.48. The zero-order valence-corrected chi connectivity index (χ0v) is 9.28. The van der Waals surface area contributed by atoms with E-state index < -0.39 is 0 Å². The van der Waals surface area contributed by atoms with Crippen molar-refractivity contribution in [2.75, 3.05) is 0 Å². The van der Waals surface area contributed by atoms with Crippen LogP contribution in [0.25, 0.3) is 5.57 Å². The quantitative estimate of drug-likeness (QED) is 0.670. The molecular weight excluding hydrogens is 200 g/mol. The third-order valence-corrected chi connectivity index (χ3v) is 2.48. The lowest BCUT2D eigenvalue weighted by Gasteiger charge is -2.09. The van der Waals surface area contributed by atoms with Gasteiger partial charge in [0, 0.05) is 5.57 Å². The van der Waals surface area contributed by atoms with Gasteiger partial charge in [0.15, 0.2) is 11.6 Å². The lowest BCUT2D eigenvalue weighted by atomic mass is 9.94. The highest BCUT2D eigenvalue weighted by Crippen LogP contribution is 2.21. The molecule has 0 spiro atoms. The van der Waals surface area contributed by atoms with Crippen molar-refractivity contribution in [3.8, 4) is 0 Å². The molecule has 0 saturated carbocycles. The molecule has 0 fully saturated rings. The predicted molar refractivity (Wildman–Crippen MR) is 63.0 cm³/mol. The Kier molecular flexibility index (Phi) is 2.57. The second-order valence-electron chi connectivity index (χ2n) is 4.03. The summed E-state index contributed by atoms with van der Waals surface area (Å²) in [4.78, 5) is 22.9. The second kappa shape index (κ2) is 3.89. The number of aryl methyl sites for hydroxylation is 2. The average Bonchev–Trinajstić information content (AvgIpc) is 2.20. The van der Waals surface area contributed by atoms with E-state index in [0.29, 0.717) is 5.57 Å². The largest absolute Gasteiger partial charge is 0.290 e. The second-order valence-corrected chi connectivity index (χ2v) is 4.03. The van der Waals surface area contributed by atoms with E-state index in [9.17, 15) is 9.59 Å². The lowest BCUT2D eigenvalue weighted by Crippen LogP contribution is -2.06. The van der Waals surface area contributed by atoms with E-state index >= 15 is 0 Å². The van der Waals surface area contributed by atoms with Crippen LogP contribution in [0.4, 0.5) is 0 Å². The molecule has 0 saturated heterocycles. The van der Waals surface area contributed by atoms with Crippen LogP contribution < -0.4 is 0 Å². The molecule has 0 radical (unpaired) electrons. The molecule has 2 heteroatoms. The van der Waals surface area contributed by atoms with Gasteiger partial charge >= 0.3 is 0 Å². The van der Waals surface area contributed by atoms with Crippen molar-refractivity contribution in [3.05, 3.63) is 53.1 Å². The summed E-state index contributed by atoms with van der Waals surface area (Å²) in [6.07, 6.45) is 4.03. The molecule has 1 aromatic carbocycles. The highest BCUT2D eigenvalue weighted by Gasteiger charge is 2.15. The number of allylic oxidation sites excluding steroid dienone is 4. The summed E-state index contributed by atoms with van der Waals surface area (Å²) in [5.74, 6) is -0.238. The Bertz CT molecular complexity index is 513. The number of hydrogen-bond acceptors (Lipinski definition) is 2.